The number of benzene rings is 1. The molecule has 1 aliphatic rings. The first kappa shape index (κ1) is 18.9. The van der Waals surface area contributed by atoms with Crippen molar-refractivity contribution >= 4 is 28.2 Å². The third kappa shape index (κ3) is 4.69. The van der Waals surface area contributed by atoms with Crippen LogP contribution in [0.5, 0.6) is 0 Å². The molecule has 0 spiro atoms. The Morgan fingerprint density at radius 2 is 1.95 bits per heavy atom. The summed E-state index contributed by atoms with van der Waals surface area (Å²) in [4.78, 5) is 14.6. The van der Waals surface area contributed by atoms with Crippen LogP contribution in [0.15, 0.2) is 29.2 Å². The maximum Gasteiger partial charge on any atom is 0.253 e. The SMILES string of the molecule is CNCC1CCCN(C(=O)c2ccc(S(C)(=O)=O)cc2)C1.Cl. The van der Waals surface area contributed by atoms with Gasteiger partial charge in [-0.25, -0.2) is 8.42 Å². The fourth-order valence-electron chi connectivity index (χ4n) is 2.73. The van der Waals surface area contributed by atoms with Gasteiger partial charge >= 0.3 is 0 Å². The van der Waals surface area contributed by atoms with Gasteiger partial charge in [0.2, 0.25) is 0 Å². The van der Waals surface area contributed by atoms with Crippen LogP contribution in [0.2, 0.25) is 0 Å². The van der Waals surface area contributed by atoms with Crippen molar-refractivity contribution in [3.8, 4) is 0 Å². The largest absolute Gasteiger partial charge is 0.338 e. The first-order valence-corrected chi connectivity index (χ1v) is 9.05. The second kappa shape index (κ2) is 7.94. The fraction of sp³-hybridized carbons (Fsp3) is 0.533. The molecular formula is C15H23ClN2O3S. The molecule has 22 heavy (non-hydrogen) atoms. The van der Waals surface area contributed by atoms with Crippen molar-refractivity contribution in [2.75, 3.05) is 32.9 Å². The van der Waals surface area contributed by atoms with Gasteiger partial charge in [-0.1, -0.05) is 0 Å². The summed E-state index contributed by atoms with van der Waals surface area (Å²) in [7, 11) is -1.30. The number of piperidine rings is 1. The van der Waals surface area contributed by atoms with Crippen LogP contribution in [0, 0.1) is 5.92 Å². The van der Waals surface area contributed by atoms with Crippen LogP contribution >= 0.6 is 12.4 Å². The van der Waals surface area contributed by atoms with Crippen LogP contribution in [0.4, 0.5) is 0 Å². The van der Waals surface area contributed by atoms with Crippen molar-refractivity contribution < 1.29 is 13.2 Å². The van der Waals surface area contributed by atoms with E-state index in [-0.39, 0.29) is 23.2 Å². The molecule has 0 radical (unpaired) electrons. The average molecular weight is 347 g/mol. The van der Waals surface area contributed by atoms with Crippen LogP contribution in [0.1, 0.15) is 23.2 Å². The minimum Gasteiger partial charge on any atom is -0.338 e. The Balaban J connectivity index is 0.00000242. The number of likely N-dealkylation sites (tertiary alicyclic amines) is 1. The molecule has 1 N–H and O–H groups in total. The number of halogens is 1. The van der Waals surface area contributed by atoms with Crippen molar-refractivity contribution in [3.63, 3.8) is 0 Å². The molecule has 1 unspecified atom stereocenters. The van der Waals surface area contributed by atoms with E-state index in [0.717, 1.165) is 38.7 Å². The highest BCUT2D eigenvalue weighted by molar-refractivity contribution is 7.90. The molecule has 1 heterocycles. The molecule has 5 nitrogen and oxygen atoms in total. The maximum atomic E-state index is 12.5. The number of rotatable bonds is 4. The van der Waals surface area contributed by atoms with Gasteiger partial charge in [0.15, 0.2) is 9.84 Å². The van der Waals surface area contributed by atoms with Gasteiger partial charge in [0.05, 0.1) is 4.90 Å². The standard InChI is InChI=1S/C15H22N2O3S.ClH/c1-16-10-12-4-3-9-17(11-12)15(18)13-5-7-14(8-6-13)21(2,19)20;/h5-8,12,16H,3-4,9-11H2,1-2H3;1H. The lowest BCUT2D eigenvalue weighted by Gasteiger charge is -2.32. The number of hydrogen-bond acceptors (Lipinski definition) is 4. The minimum atomic E-state index is -3.22. The van der Waals surface area contributed by atoms with Crippen LogP contribution in [-0.4, -0.2) is 52.2 Å². The van der Waals surface area contributed by atoms with Gasteiger partial charge in [0.25, 0.3) is 5.91 Å². The molecule has 1 amide bonds. The van der Waals surface area contributed by atoms with Crippen molar-refractivity contribution in [3.05, 3.63) is 29.8 Å². The monoisotopic (exact) mass is 346 g/mol. The minimum absolute atomic E-state index is 0. The van der Waals surface area contributed by atoms with Crippen LogP contribution < -0.4 is 5.32 Å². The highest BCUT2D eigenvalue weighted by atomic mass is 35.5. The summed E-state index contributed by atoms with van der Waals surface area (Å²) in [5, 5.41) is 3.16. The lowest BCUT2D eigenvalue weighted by atomic mass is 9.97. The van der Waals surface area contributed by atoms with E-state index < -0.39 is 9.84 Å². The summed E-state index contributed by atoms with van der Waals surface area (Å²) in [5.41, 5.74) is 0.549. The average Bonchev–Trinajstić information content (AvgIpc) is 2.46. The summed E-state index contributed by atoms with van der Waals surface area (Å²) >= 11 is 0. The van der Waals surface area contributed by atoms with E-state index in [1.54, 1.807) is 12.1 Å². The Morgan fingerprint density at radius 3 is 2.50 bits per heavy atom. The number of nitrogens with zero attached hydrogens (tertiary/aromatic N) is 1. The molecule has 1 aromatic rings. The van der Waals surface area contributed by atoms with Gasteiger partial charge in [-0.3, -0.25) is 4.79 Å². The van der Waals surface area contributed by atoms with Gasteiger partial charge in [-0.05, 0) is 56.6 Å². The number of amides is 1. The molecule has 0 bridgehead atoms. The smallest absolute Gasteiger partial charge is 0.253 e. The third-order valence-corrected chi connectivity index (χ3v) is 4.96. The van der Waals surface area contributed by atoms with E-state index in [4.69, 9.17) is 0 Å². The second-order valence-electron chi connectivity index (χ2n) is 5.61. The number of sulfone groups is 1. The highest BCUT2D eigenvalue weighted by Gasteiger charge is 2.24. The fourth-order valence-corrected chi connectivity index (χ4v) is 3.36. The van der Waals surface area contributed by atoms with Crippen LogP contribution in [0.25, 0.3) is 0 Å². The quantitative estimate of drug-likeness (QED) is 0.899. The number of carbonyl (C=O) groups excluding carboxylic acids is 1. The Bertz CT molecular complexity index is 600. The molecule has 124 valence electrons. The summed E-state index contributed by atoms with van der Waals surface area (Å²) in [6.07, 6.45) is 3.31. The Hall–Kier alpha value is -1.11. The molecule has 1 fully saturated rings. The van der Waals surface area contributed by atoms with Crippen molar-refractivity contribution in [1.82, 2.24) is 10.2 Å². The number of hydrogen-bond donors (Lipinski definition) is 1. The van der Waals surface area contributed by atoms with E-state index in [1.165, 1.54) is 12.1 Å². The normalized spacial score (nSPS) is 18.6. The summed E-state index contributed by atoms with van der Waals surface area (Å²) in [5.74, 6) is 0.471. The van der Waals surface area contributed by atoms with Gasteiger partial charge in [0, 0.05) is 24.9 Å². The Kier molecular flexibility index (Phi) is 6.84. The third-order valence-electron chi connectivity index (χ3n) is 3.83. The maximum absolute atomic E-state index is 12.5. The zero-order valence-corrected chi connectivity index (χ0v) is 14.5. The van der Waals surface area contributed by atoms with Crippen molar-refractivity contribution in [2.45, 2.75) is 17.7 Å². The molecular weight excluding hydrogens is 324 g/mol. The zero-order valence-electron chi connectivity index (χ0n) is 12.9. The predicted octanol–water partition coefficient (Wildman–Crippen LogP) is 1.58. The van der Waals surface area contributed by atoms with E-state index in [1.807, 2.05) is 11.9 Å². The Morgan fingerprint density at radius 1 is 1.32 bits per heavy atom. The van der Waals surface area contributed by atoms with Gasteiger partial charge in [-0.2, -0.15) is 0 Å². The second-order valence-corrected chi connectivity index (χ2v) is 7.63. The topological polar surface area (TPSA) is 66.5 Å². The van der Waals surface area contributed by atoms with E-state index in [0.29, 0.717) is 11.5 Å². The number of nitrogens with one attached hydrogen (secondary N) is 1. The molecule has 1 aliphatic heterocycles. The molecule has 2 rings (SSSR count). The van der Waals surface area contributed by atoms with E-state index >= 15 is 0 Å². The first-order chi connectivity index (χ1) is 9.91. The van der Waals surface area contributed by atoms with Gasteiger partial charge < -0.3 is 10.2 Å². The molecule has 0 aliphatic carbocycles. The van der Waals surface area contributed by atoms with Gasteiger partial charge in [-0.15, -0.1) is 12.4 Å². The molecule has 1 aromatic carbocycles. The lowest BCUT2D eigenvalue weighted by Crippen LogP contribution is -2.42. The van der Waals surface area contributed by atoms with Crippen molar-refractivity contribution in [1.29, 1.82) is 0 Å². The summed E-state index contributed by atoms with van der Waals surface area (Å²) in [6.45, 7) is 2.44. The van der Waals surface area contributed by atoms with Crippen LogP contribution in [0.3, 0.4) is 0 Å². The Labute approximate surface area is 138 Å². The molecule has 1 atom stereocenters. The number of carbonyl (C=O) groups is 1. The van der Waals surface area contributed by atoms with E-state index in [9.17, 15) is 13.2 Å². The molecule has 1 saturated heterocycles. The summed E-state index contributed by atoms with van der Waals surface area (Å²) < 4.78 is 22.9. The van der Waals surface area contributed by atoms with E-state index in [2.05, 4.69) is 5.32 Å². The first-order valence-electron chi connectivity index (χ1n) is 7.16. The predicted molar refractivity (Wildman–Crippen MR) is 89.4 cm³/mol. The summed E-state index contributed by atoms with van der Waals surface area (Å²) in [6, 6.07) is 6.19. The molecule has 7 heteroatoms. The molecule has 0 saturated carbocycles. The van der Waals surface area contributed by atoms with Crippen LogP contribution in [-0.2, 0) is 9.84 Å². The lowest BCUT2D eigenvalue weighted by molar-refractivity contribution is 0.0674. The van der Waals surface area contributed by atoms with Crippen molar-refractivity contribution in [2.24, 2.45) is 5.92 Å². The van der Waals surface area contributed by atoms with Gasteiger partial charge in [0.1, 0.15) is 0 Å². The highest BCUT2D eigenvalue weighted by Crippen LogP contribution is 2.19. The zero-order chi connectivity index (χ0) is 15.5. The molecule has 0 aromatic heterocycles.